The summed E-state index contributed by atoms with van der Waals surface area (Å²) >= 11 is 0. The summed E-state index contributed by atoms with van der Waals surface area (Å²) in [4.78, 5) is 14.1. The number of rotatable bonds is 6. The normalized spacial score (nSPS) is 16.5. The Morgan fingerprint density at radius 1 is 1.35 bits per heavy atom. The van der Waals surface area contributed by atoms with Gasteiger partial charge in [0, 0.05) is 26.1 Å². The average molecular weight is 238 g/mol. The second kappa shape index (κ2) is 8.08. The zero-order chi connectivity index (χ0) is 12.5. The molecule has 0 aromatic rings. The van der Waals surface area contributed by atoms with Crippen molar-refractivity contribution in [2.24, 2.45) is 5.92 Å². The van der Waals surface area contributed by atoms with Crippen LogP contribution in [0.3, 0.4) is 0 Å². The van der Waals surface area contributed by atoms with E-state index in [-0.39, 0.29) is 11.8 Å². The maximum Gasteiger partial charge on any atom is 0.225 e. The molecule has 1 fully saturated rings. The molecule has 4 nitrogen and oxygen atoms in total. The largest absolute Gasteiger partial charge is 0.383 e. The van der Waals surface area contributed by atoms with E-state index in [2.05, 4.69) is 6.07 Å². The molecule has 0 aromatic heterocycles. The molecule has 17 heavy (non-hydrogen) atoms. The van der Waals surface area contributed by atoms with Gasteiger partial charge in [-0.2, -0.15) is 5.26 Å². The Morgan fingerprint density at radius 2 is 2.06 bits per heavy atom. The Balaban J connectivity index is 2.47. The van der Waals surface area contributed by atoms with Gasteiger partial charge in [0.25, 0.3) is 0 Å². The Kier molecular flexibility index (Phi) is 6.64. The molecule has 0 saturated heterocycles. The highest BCUT2D eigenvalue weighted by Gasteiger charge is 2.25. The van der Waals surface area contributed by atoms with Crippen molar-refractivity contribution in [3.8, 4) is 6.07 Å². The van der Waals surface area contributed by atoms with Crippen molar-refractivity contribution < 1.29 is 9.53 Å². The lowest BCUT2D eigenvalue weighted by Gasteiger charge is -2.28. The topological polar surface area (TPSA) is 53.3 Å². The molecule has 0 unspecified atom stereocenters. The van der Waals surface area contributed by atoms with Crippen LogP contribution in [0.4, 0.5) is 0 Å². The lowest BCUT2D eigenvalue weighted by molar-refractivity contribution is -0.137. The van der Waals surface area contributed by atoms with Gasteiger partial charge in [0.1, 0.15) is 0 Å². The molecule has 0 aromatic carbocycles. The molecular weight excluding hydrogens is 216 g/mol. The highest BCUT2D eigenvalue weighted by molar-refractivity contribution is 5.78. The molecule has 1 aliphatic carbocycles. The summed E-state index contributed by atoms with van der Waals surface area (Å²) < 4.78 is 5.01. The van der Waals surface area contributed by atoms with Crippen LogP contribution < -0.4 is 0 Å². The molecular formula is C13H22N2O2. The van der Waals surface area contributed by atoms with Crippen molar-refractivity contribution in [2.45, 2.75) is 38.5 Å². The van der Waals surface area contributed by atoms with E-state index in [1.165, 1.54) is 6.42 Å². The van der Waals surface area contributed by atoms with Gasteiger partial charge in [-0.05, 0) is 12.8 Å². The van der Waals surface area contributed by atoms with Gasteiger partial charge >= 0.3 is 0 Å². The Morgan fingerprint density at radius 3 is 2.65 bits per heavy atom. The average Bonchev–Trinajstić information content (AvgIpc) is 2.39. The van der Waals surface area contributed by atoms with Gasteiger partial charge in [0.2, 0.25) is 5.91 Å². The summed E-state index contributed by atoms with van der Waals surface area (Å²) in [5.41, 5.74) is 0. The molecule has 0 aliphatic heterocycles. The molecule has 0 spiro atoms. The van der Waals surface area contributed by atoms with Gasteiger partial charge in [0.05, 0.1) is 19.1 Å². The Labute approximate surface area is 104 Å². The summed E-state index contributed by atoms with van der Waals surface area (Å²) in [6.07, 6.45) is 5.99. The van der Waals surface area contributed by atoms with Crippen LogP contribution in [-0.2, 0) is 9.53 Å². The quantitative estimate of drug-likeness (QED) is 0.710. The minimum atomic E-state index is 0.180. The van der Waals surface area contributed by atoms with Crippen molar-refractivity contribution in [2.75, 3.05) is 26.8 Å². The summed E-state index contributed by atoms with van der Waals surface area (Å²) in [5, 5.41) is 8.61. The number of hydrogen-bond acceptors (Lipinski definition) is 3. The van der Waals surface area contributed by atoms with Crippen LogP contribution in [0.15, 0.2) is 0 Å². The van der Waals surface area contributed by atoms with Crippen LogP contribution in [-0.4, -0.2) is 37.6 Å². The highest BCUT2D eigenvalue weighted by atomic mass is 16.5. The zero-order valence-corrected chi connectivity index (χ0v) is 10.7. The van der Waals surface area contributed by atoms with Crippen LogP contribution in [0, 0.1) is 17.2 Å². The van der Waals surface area contributed by atoms with Crippen LogP contribution in [0.1, 0.15) is 38.5 Å². The fourth-order valence-electron chi connectivity index (χ4n) is 2.33. The number of carbonyl (C=O) groups is 1. The minimum Gasteiger partial charge on any atom is -0.383 e. The van der Waals surface area contributed by atoms with Gasteiger partial charge in [-0.15, -0.1) is 0 Å². The third-order valence-electron chi connectivity index (χ3n) is 3.32. The summed E-state index contributed by atoms with van der Waals surface area (Å²) in [7, 11) is 1.63. The molecule has 0 radical (unpaired) electrons. The maximum absolute atomic E-state index is 12.3. The lowest BCUT2D eigenvalue weighted by Crippen LogP contribution is -2.39. The minimum absolute atomic E-state index is 0.180. The molecule has 1 aliphatic rings. The second-order valence-corrected chi connectivity index (χ2v) is 4.56. The summed E-state index contributed by atoms with van der Waals surface area (Å²) in [5.74, 6) is 0.399. The monoisotopic (exact) mass is 238 g/mol. The molecule has 4 heteroatoms. The van der Waals surface area contributed by atoms with Crippen molar-refractivity contribution in [1.29, 1.82) is 5.26 Å². The number of carbonyl (C=O) groups excluding carboxylic acids is 1. The van der Waals surface area contributed by atoms with Crippen LogP contribution in [0.5, 0.6) is 0 Å². The number of hydrogen-bond donors (Lipinski definition) is 0. The molecule has 0 N–H and O–H groups in total. The summed E-state index contributed by atoms with van der Waals surface area (Å²) in [6.45, 7) is 1.69. The van der Waals surface area contributed by atoms with E-state index < -0.39 is 0 Å². The van der Waals surface area contributed by atoms with E-state index in [0.29, 0.717) is 26.1 Å². The van der Waals surface area contributed by atoms with Crippen molar-refractivity contribution >= 4 is 5.91 Å². The first kappa shape index (κ1) is 14.0. The van der Waals surface area contributed by atoms with E-state index in [0.717, 1.165) is 25.7 Å². The first-order valence-corrected chi connectivity index (χ1v) is 6.44. The Hall–Kier alpha value is -1.08. The van der Waals surface area contributed by atoms with E-state index in [1.807, 2.05) is 0 Å². The second-order valence-electron chi connectivity index (χ2n) is 4.56. The number of nitriles is 1. The van der Waals surface area contributed by atoms with E-state index in [9.17, 15) is 4.79 Å². The smallest absolute Gasteiger partial charge is 0.225 e. The van der Waals surface area contributed by atoms with Gasteiger partial charge in [-0.3, -0.25) is 4.79 Å². The van der Waals surface area contributed by atoms with E-state index in [4.69, 9.17) is 10.00 Å². The van der Waals surface area contributed by atoms with Gasteiger partial charge in [0.15, 0.2) is 0 Å². The third kappa shape index (κ3) is 4.74. The maximum atomic E-state index is 12.3. The number of nitrogens with zero attached hydrogens (tertiary/aromatic N) is 2. The van der Waals surface area contributed by atoms with Crippen molar-refractivity contribution in [1.82, 2.24) is 4.90 Å². The summed E-state index contributed by atoms with van der Waals surface area (Å²) in [6, 6.07) is 2.10. The van der Waals surface area contributed by atoms with Gasteiger partial charge in [-0.1, -0.05) is 19.3 Å². The first-order valence-electron chi connectivity index (χ1n) is 6.44. The standard InChI is InChI=1S/C13H22N2O2/c1-17-11-10-15(9-5-8-14)13(16)12-6-3-2-4-7-12/h12H,2-7,9-11H2,1H3. The van der Waals surface area contributed by atoms with Crippen molar-refractivity contribution in [3.63, 3.8) is 0 Å². The highest BCUT2D eigenvalue weighted by Crippen LogP contribution is 2.25. The zero-order valence-electron chi connectivity index (χ0n) is 10.7. The molecule has 0 bridgehead atoms. The molecule has 1 rings (SSSR count). The van der Waals surface area contributed by atoms with Gasteiger partial charge < -0.3 is 9.64 Å². The van der Waals surface area contributed by atoms with Crippen LogP contribution in [0.2, 0.25) is 0 Å². The van der Waals surface area contributed by atoms with Crippen LogP contribution in [0.25, 0.3) is 0 Å². The van der Waals surface area contributed by atoms with Crippen LogP contribution >= 0.6 is 0 Å². The molecule has 1 saturated carbocycles. The molecule has 96 valence electrons. The van der Waals surface area contributed by atoms with E-state index >= 15 is 0 Å². The molecule has 1 amide bonds. The lowest BCUT2D eigenvalue weighted by atomic mass is 9.88. The first-order chi connectivity index (χ1) is 8.29. The predicted molar refractivity (Wildman–Crippen MR) is 65.3 cm³/mol. The molecule has 0 atom stereocenters. The fourth-order valence-corrected chi connectivity index (χ4v) is 2.33. The Bertz CT molecular complexity index is 267. The van der Waals surface area contributed by atoms with Crippen molar-refractivity contribution in [3.05, 3.63) is 0 Å². The number of methoxy groups -OCH3 is 1. The predicted octanol–water partition coefficient (Wildman–Crippen LogP) is 1.96. The molecule has 0 heterocycles. The third-order valence-corrected chi connectivity index (χ3v) is 3.32. The van der Waals surface area contributed by atoms with E-state index in [1.54, 1.807) is 12.0 Å². The number of ether oxygens (including phenoxy) is 1. The SMILES string of the molecule is COCCN(CCC#N)C(=O)C1CCCCC1. The fraction of sp³-hybridized carbons (Fsp3) is 0.846. The number of amides is 1. The van der Waals surface area contributed by atoms with Gasteiger partial charge in [-0.25, -0.2) is 0 Å².